The summed E-state index contributed by atoms with van der Waals surface area (Å²) in [4.78, 5) is 35.6. The molecule has 0 saturated carbocycles. The number of fused-ring (bicyclic) bond motifs is 1. The molecule has 138 valence electrons. The highest BCUT2D eigenvalue weighted by atomic mass is 79.9. The van der Waals surface area contributed by atoms with E-state index in [9.17, 15) is 18.8 Å². The summed E-state index contributed by atoms with van der Waals surface area (Å²) >= 11 is 3.30. The van der Waals surface area contributed by atoms with Crippen molar-refractivity contribution >= 4 is 38.7 Å². The Morgan fingerprint density at radius 1 is 1.04 bits per heavy atom. The number of carbonyl (C=O) groups excluding carboxylic acids is 2. The van der Waals surface area contributed by atoms with Crippen molar-refractivity contribution in [3.05, 3.63) is 80.4 Å². The van der Waals surface area contributed by atoms with Crippen molar-refractivity contribution in [1.29, 1.82) is 0 Å². The third-order valence-electron chi connectivity index (χ3n) is 3.90. The van der Waals surface area contributed by atoms with E-state index in [4.69, 9.17) is 9.15 Å². The molecule has 0 saturated heterocycles. The highest BCUT2D eigenvalue weighted by molar-refractivity contribution is 9.10. The number of ketones is 1. The number of carbonyl (C=O) groups is 2. The molecule has 0 fully saturated rings. The molecule has 0 radical (unpaired) electrons. The molecular weight excluding hydrogens is 419 g/mol. The lowest BCUT2D eigenvalue weighted by Crippen LogP contribution is -2.10. The fraction of sp³-hybridized carbons (Fsp3) is 0.150. The van der Waals surface area contributed by atoms with Gasteiger partial charge in [-0.1, -0.05) is 15.9 Å². The minimum absolute atomic E-state index is 0.0465. The van der Waals surface area contributed by atoms with Crippen LogP contribution in [-0.2, 0) is 16.1 Å². The van der Waals surface area contributed by atoms with E-state index >= 15 is 0 Å². The van der Waals surface area contributed by atoms with Crippen molar-refractivity contribution in [2.45, 2.75) is 19.4 Å². The highest BCUT2D eigenvalue weighted by Crippen LogP contribution is 2.22. The first-order valence-electron chi connectivity index (χ1n) is 8.09. The minimum Gasteiger partial charge on any atom is -0.461 e. The van der Waals surface area contributed by atoms with E-state index in [0.717, 1.165) is 4.47 Å². The fourth-order valence-electron chi connectivity index (χ4n) is 2.55. The van der Waals surface area contributed by atoms with Crippen molar-refractivity contribution in [3.63, 3.8) is 0 Å². The van der Waals surface area contributed by atoms with E-state index in [-0.39, 0.29) is 25.2 Å². The molecule has 1 aromatic heterocycles. The standard InChI is InChI=1S/C20H14BrFO5/c21-14-3-6-16-13(9-20(25)27-18(16)10-14)11-26-19(24)8-7-17(23)12-1-4-15(22)5-2-12/h1-6,9-10H,7-8,11H2. The number of hydrogen-bond donors (Lipinski definition) is 0. The van der Waals surface area contributed by atoms with Gasteiger partial charge in [0.05, 0.1) is 6.42 Å². The van der Waals surface area contributed by atoms with Gasteiger partial charge in [0.2, 0.25) is 0 Å². The van der Waals surface area contributed by atoms with Crippen LogP contribution >= 0.6 is 15.9 Å². The number of ether oxygens (including phenoxy) is 1. The first-order valence-corrected chi connectivity index (χ1v) is 8.88. The molecule has 27 heavy (non-hydrogen) atoms. The van der Waals surface area contributed by atoms with E-state index in [1.54, 1.807) is 18.2 Å². The summed E-state index contributed by atoms with van der Waals surface area (Å²) in [6.45, 7) is -0.104. The topological polar surface area (TPSA) is 73.6 Å². The van der Waals surface area contributed by atoms with Crippen LogP contribution in [0, 0.1) is 5.82 Å². The second-order valence-corrected chi connectivity index (χ2v) is 6.74. The van der Waals surface area contributed by atoms with Gasteiger partial charge in [0.15, 0.2) is 5.78 Å². The molecule has 0 atom stereocenters. The number of Topliss-reactive ketones (excluding diaryl/α,β-unsaturated/α-hetero) is 1. The summed E-state index contributed by atoms with van der Waals surface area (Å²) in [5.41, 5.74) is 0.695. The molecule has 3 aromatic rings. The number of rotatable bonds is 6. The van der Waals surface area contributed by atoms with Gasteiger partial charge in [-0.3, -0.25) is 9.59 Å². The lowest BCUT2D eigenvalue weighted by atomic mass is 10.1. The zero-order chi connectivity index (χ0) is 19.4. The summed E-state index contributed by atoms with van der Waals surface area (Å²) < 4.78 is 23.9. The summed E-state index contributed by atoms with van der Waals surface area (Å²) in [6, 6.07) is 11.6. The van der Waals surface area contributed by atoms with Gasteiger partial charge >= 0.3 is 11.6 Å². The molecule has 0 bridgehead atoms. The van der Waals surface area contributed by atoms with E-state index in [1.807, 2.05) is 0 Å². The van der Waals surface area contributed by atoms with Crippen LogP contribution in [0.2, 0.25) is 0 Å². The summed E-state index contributed by atoms with van der Waals surface area (Å²) in [7, 11) is 0. The molecule has 3 rings (SSSR count). The first-order chi connectivity index (χ1) is 12.9. The lowest BCUT2D eigenvalue weighted by Gasteiger charge is -2.07. The van der Waals surface area contributed by atoms with Crippen molar-refractivity contribution in [2.24, 2.45) is 0 Å². The van der Waals surface area contributed by atoms with Crippen molar-refractivity contribution in [1.82, 2.24) is 0 Å². The fourth-order valence-corrected chi connectivity index (χ4v) is 2.89. The molecule has 5 nitrogen and oxygen atoms in total. The van der Waals surface area contributed by atoms with Crippen LogP contribution in [0.4, 0.5) is 4.39 Å². The normalized spacial score (nSPS) is 10.7. The Morgan fingerprint density at radius 3 is 2.52 bits per heavy atom. The molecule has 7 heteroatoms. The summed E-state index contributed by atoms with van der Waals surface area (Å²) in [5.74, 6) is -1.27. The van der Waals surface area contributed by atoms with Gasteiger partial charge in [-0.15, -0.1) is 0 Å². The third kappa shape index (κ3) is 4.89. The molecule has 1 heterocycles. The Bertz CT molecular complexity index is 1060. The predicted molar refractivity (Wildman–Crippen MR) is 99.9 cm³/mol. The maximum atomic E-state index is 12.9. The zero-order valence-electron chi connectivity index (χ0n) is 14.0. The first kappa shape index (κ1) is 19.0. The third-order valence-corrected chi connectivity index (χ3v) is 4.40. The van der Waals surface area contributed by atoms with Crippen molar-refractivity contribution in [2.75, 3.05) is 0 Å². The van der Waals surface area contributed by atoms with Crippen molar-refractivity contribution in [3.8, 4) is 0 Å². The molecule has 2 aromatic carbocycles. The monoisotopic (exact) mass is 432 g/mol. The Kier molecular flexibility index (Phi) is 5.81. The minimum atomic E-state index is -0.566. The number of halogens is 2. The quantitative estimate of drug-likeness (QED) is 0.327. The van der Waals surface area contributed by atoms with Gasteiger partial charge in [-0.25, -0.2) is 9.18 Å². The average Bonchev–Trinajstić information content (AvgIpc) is 2.64. The van der Waals surface area contributed by atoms with Crippen LogP contribution in [0.1, 0.15) is 28.8 Å². The van der Waals surface area contributed by atoms with Gasteiger partial charge in [0.25, 0.3) is 0 Å². The molecule has 0 aliphatic heterocycles. The zero-order valence-corrected chi connectivity index (χ0v) is 15.6. The van der Waals surface area contributed by atoms with Crippen LogP contribution in [0.15, 0.2) is 62.2 Å². The summed E-state index contributed by atoms with van der Waals surface area (Å²) in [6.07, 6.45) is -0.157. The molecule has 0 spiro atoms. The van der Waals surface area contributed by atoms with Crippen LogP contribution in [0.5, 0.6) is 0 Å². The van der Waals surface area contributed by atoms with E-state index < -0.39 is 17.4 Å². The van der Waals surface area contributed by atoms with Crippen LogP contribution < -0.4 is 5.63 Å². The molecule has 0 aliphatic carbocycles. The number of hydrogen-bond acceptors (Lipinski definition) is 5. The van der Waals surface area contributed by atoms with E-state index in [1.165, 1.54) is 30.3 Å². The van der Waals surface area contributed by atoms with Gasteiger partial charge in [0, 0.05) is 33.5 Å². The van der Waals surface area contributed by atoms with Crippen LogP contribution in [0.3, 0.4) is 0 Å². The Hall–Kier alpha value is -2.80. The Labute approximate surface area is 161 Å². The second-order valence-electron chi connectivity index (χ2n) is 5.82. The molecule has 0 unspecified atom stereocenters. The van der Waals surface area contributed by atoms with E-state index in [2.05, 4.69) is 15.9 Å². The molecule has 0 N–H and O–H groups in total. The van der Waals surface area contributed by atoms with Gasteiger partial charge in [-0.2, -0.15) is 0 Å². The maximum Gasteiger partial charge on any atom is 0.336 e. The number of benzene rings is 2. The number of esters is 1. The lowest BCUT2D eigenvalue weighted by molar-refractivity contribution is -0.144. The van der Waals surface area contributed by atoms with Gasteiger partial charge in [0.1, 0.15) is 18.0 Å². The largest absolute Gasteiger partial charge is 0.461 e. The van der Waals surface area contributed by atoms with Gasteiger partial charge < -0.3 is 9.15 Å². The second kappa shape index (κ2) is 8.26. The predicted octanol–water partition coefficient (Wildman–Crippen LogP) is 4.40. The summed E-state index contributed by atoms with van der Waals surface area (Å²) in [5, 5.41) is 0.660. The average molecular weight is 433 g/mol. The molecule has 0 amide bonds. The Morgan fingerprint density at radius 2 is 1.78 bits per heavy atom. The van der Waals surface area contributed by atoms with E-state index in [0.29, 0.717) is 22.1 Å². The maximum absolute atomic E-state index is 12.9. The van der Waals surface area contributed by atoms with Crippen LogP contribution in [-0.4, -0.2) is 11.8 Å². The van der Waals surface area contributed by atoms with Crippen molar-refractivity contribution < 1.29 is 23.1 Å². The molecule has 0 aliphatic rings. The molecular formula is C20H14BrFO5. The highest BCUT2D eigenvalue weighted by Gasteiger charge is 2.12. The smallest absolute Gasteiger partial charge is 0.336 e. The SMILES string of the molecule is O=C(CCC(=O)c1ccc(F)cc1)OCc1cc(=O)oc2cc(Br)ccc12. The Balaban J connectivity index is 1.61. The van der Waals surface area contributed by atoms with Crippen LogP contribution in [0.25, 0.3) is 11.0 Å². The van der Waals surface area contributed by atoms with Gasteiger partial charge in [-0.05, 0) is 42.5 Å².